The molecule has 0 unspecified atom stereocenters. The number of para-hydroxylation sites is 1. The molecule has 1 aromatic heterocycles. The summed E-state index contributed by atoms with van der Waals surface area (Å²) in [5.41, 5.74) is -0.0768. The summed E-state index contributed by atoms with van der Waals surface area (Å²) in [4.78, 5) is 50.6. The highest BCUT2D eigenvalue weighted by molar-refractivity contribution is 7.92. The Labute approximate surface area is 234 Å². The van der Waals surface area contributed by atoms with E-state index in [2.05, 4.69) is 10.0 Å². The topological polar surface area (TPSA) is 166 Å². The number of imide groups is 1. The van der Waals surface area contributed by atoms with E-state index in [1.54, 1.807) is 13.8 Å². The van der Waals surface area contributed by atoms with Gasteiger partial charge in [0, 0.05) is 0 Å². The van der Waals surface area contributed by atoms with Crippen LogP contribution in [-0.2, 0) is 19.5 Å². The van der Waals surface area contributed by atoms with Crippen LogP contribution in [0.25, 0.3) is 0 Å². The highest BCUT2D eigenvalue weighted by atomic mass is 32.2. The van der Waals surface area contributed by atoms with E-state index in [1.165, 1.54) is 62.6 Å². The fraction of sp³-hybridized carbons (Fsp3) is 0.231. The number of carbonyl (C=O) groups is 4. The number of anilines is 2. The number of hydrogen-bond donors (Lipinski definition) is 3. The Bertz CT molecular complexity index is 1530. The Kier molecular flexibility index (Phi) is 9.85. The lowest BCUT2D eigenvalue weighted by Gasteiger charge is -2.13. The SMILES string of the molecule is CCOC(=O)NC(=O)c1c(NC(=O)c2ccccc2NS(=O)(=O)c2ccc(OC)cc2)sc(C(=O)OCC)c1C. The zero-order valence-electron chi connectivity index (χ0n) is 22.0. The normalized spacial score (nSPS) is 10.8. The molecule has 0 saturated carbocycles. The van der Waals surface area contributed by atoms with Gasteiger partial charge in [-0.1, -0.05) is 12.1 Å². The van der Waals surface area contributed by atoms with Gasteiger partial charge in [0.05, 0.1) is 42.0 Å². The van der Waals surface area contributed by atoms with E-state index >= 15 is 0 Å². The van der Waals surface area contributed by atoms with Crippen LogP contribution in [0.2, 0.25) is 0 Å². The van der Waals surface area contributed by atoms with Gasteiger partial charge in [0.1, 0.15) is 15.6 Å². The summed E-state index contributed by atoms with van der Waals surface area (Å²) in [5, 5.41) is 4.55. The number of carbonyl (C=O) groups excluding carboxylic acids is 4. The molecular formula is C26H27N3O9S2. The lowest BCUT2D eigenvalue weighted by atomic mass is 10.1. The van der Waals surface area contributed by atoms with Crippen LogP contribution in [0.1, 0.15) is 49.8 Å². The maximum absolute atomic E-state index is 13.4. The van der Waals surface area contributed by atoms with Crippen molar-refractivity contribution >= 4 is 55.9 Å². The number of methoxy groups -OCH3 is 1. The first-order valence-corrected chi connectivity index (χ1v) is 14.2. The largest absolute Gasteiger partial charge is 0.497 e. The van der Waals surface area contributed by atoms with Gasteiger partial charge in [-0.15, -0.1) is 11.3 Å². The highest BCUT2D eigenvalue weighted by Gasteiger charge is 2.28. The fourth-order valence-corrected chi connectivity index (χ4v) is 5.66. The van der Waals surface area contributed by atoms with Crippen molar-refractivity contribution in [2.45, 2.75) is 25.7 Å². The number of benzene rings is 2. The zero-order chi connectivity index (χ0) is 29.4. The summed E-state index contributed by atoms with van der Waals surface area (Å²) in [6.07, 6.45) is -1.01. The van der Waals surface area contributed by atoms with E-state index in [1.807, 2.05) is 5.32 Å². The molecule has 3 rings (SSSR count). The van der Waals surface area contributed by atoms with Gasteiger partial charge in [-0.25, -0.2) is 18.0 Å². The third-order valence-electron chi connectivity index (χ3n) is 5.34. The second-order valence-corrected chi connectivity index (χ2v) is 10.6. The molecule has 0 radical (unpaired) electrons. The smallest absolute Gasteiger partial charge is 0.414 e. The van der Waals surface area contributed by atoms with Crippen LogP contribution in [-0.4, -0.2) is 52.6 Å². The van der Waals surface area contributed by atoms with E-state index < -0.39 is 33.9 Å². The van der Waals surface area contributed by atoms with Gasteiger partial charge in [-0.3, -0.25) is 19.6 Å². The molecule has 1 heterocycles. The number of amides is 3. The Morgan fingerprint density at radius 2 is 1.55 bits per heavy atom. The second kappa shape index (κ2) is 13.1. The van der Waals surface area contributed by atoms with Gasteiger partial charge in [0.15, 0.2) is 0 Å². The van der Waals surface area contributed by atoms with E-state index in [0.717, 1.165) is 11.3 Å². The number of nitrogens with one attached hydrogen (secondary N) is 3. The number of sulfonamides is 1. The van der Waals surface area contributed by atoms with Crippen molar-refractivity contribution in [3.05, 3.63) is 70.1 Å². The van der Waals surface area contributed by atoms with Crippen molar-refractivity contribution in [1.29, 1.82) is 0 Å². The molecular weight excluding hydrogens is 562 g/mol. The Hall–Kier alpha value is -4.43. The fourth-order valence-electron chi connectivity index (χ4n) is 3.49. The van der Waals surface area contributed by atoms with E-state index in [4.69, 9.17) is 14.2 Å². The van der Waals surface area contributed by atoms with Crippen LogP contribution in [0.15, 0.2) is 53.4 Å². The number of hydrogen-bond acceptors (Lipinski definition) is 10. The summed E-state index contributed by atoms with van der Waals surface area (Å²) < 4.78 is 43.2. The second-order valence-electron chi connectivity index (χ2n) is 7.94. The quantitative estimate of drug-likeness (QED) is 0.294. The maximum Gasteiger partial charge on any atom is 0.414 e. The summed E-state index contributed by atoms with van der Waals surface area (Å²) in [6.45, 7) is 4.73. The minimum atomic E-state index is -4.09. The van der Waals surface area contributed by atoms with Crippen LogP contribution in [0.3, 0.4) is 0 Å². The van der Waals surface area contributed by atoms with E-state index in [0.29, 0.717) is 5.75 Å². The third-order valence-corrected chi connectivity index (χ3v) is 7.91. The van der Waals surface area contributed by atoms with Gasteiger partial charge < -0.3 is 19.5 Å². The van der Waals surface area contributed by atoms with Crippen molar-refractivity contribution in [2.75, 3.05) is 30.4 Å². The molecule has 212 valence electrons. The molecule has 0 aliphatic rings. The van der Waals surface area contributed by atoms with Gasteiger partial charge >= 0.3 is 12.1 Å². The minimum Gasteiger partial charge on any atom is -0.497 e. The van der Waals surface area contributed by atoms with Crippen molar-refractivity contribution in [2.24, 2.45) is 0 Å². The van der Waals surface area contributed by atoms with Crippen LogP contribution in [0.5, 0.6) is 5.75 Å². The first-order valence-electron chi connectivity index (χ1n) is 11.9. The lowest BCUT2D eigenvalue weighted by Crippen LogP contribution is -2.32. The zero-order valence-corrected chi connectivity index (χ0v) is 23.7. The monoisotopic (exact) mass is 589 g/mol. The summed E-state index contributed by atoms with van der Waals surface area (Å²) >= 11 is 0.775. The van der Waals surface area contributed by atoms with Crippen molar-refractivity contribution in [3.8, 4) is 5.75 Å². The van der Waals surface area contributed by atoms with Crippen molar-refractivity contribution in [3.63, 3.8) is 0 Å². The Morgan fingerprint density at radius 3 is 2.17 bits per heavy atom. The summed E-state index contributed by atoms with van der Waals surface area (Å²) in [5.74, 6) is -1.94. The molecule has 3 N–H and O–H groups in total. The van der Waals surface area contributed by atoms with Crippen LogP contribution < -0.4 is 20.1 Å². The maximum atomic E-state index is 13.4. The average molecular weight is 590 g/mol. The van der Waals surface area contributed by atoms with Gasteiger partial charge in [0.2, 0.25) is 0 Å². The van der Waals surface area contributed by atoms with Gasteiger partial charge in [0.25, 0.3) is 21.8 Å². The minimum absolute atomic E-state index is 0.0165. The van der Waals surface area contributed by atoms with Crippen LogP contribution in [0, 0.1) is 6.92 Å². The molecule has 12 nitrogen and oxygen atoms in total. The van der Waals surface area contributed by atoms with Crippen molar-refractivity contribution in [1.82, 2.24) is 5.32 Å². The number of thiophene rings is 1. The van der Waals surface area contributed by atoms with Gasteiger partial charge in [-0.2, -0.15) is 0 Å². The predicted octanol–water partition coefficient (Wildman–Crippen LogP) is 4.18. The molecule has 3 aromatic rings. The van der Waals surface area contributed by atoms with E-state index in [-0.39, 0.29) is 50.4 Å². The molecule has 0 atom stereocenters. The molecule has 14 heteroatoms. The predicted molar refractivity (Wildman–Crippen MR) is 148 cm³/mol. The molecule has 2 aromatic carbocycles. The van der Waals surface area contributed by atoms with Crippen molar-refractivity contribution < 1.29 is 41.8 Å². The molecule has 0 spiro atoms. The van der Waals surface area contributed by atoms with Crippen LogP contribution >= 0.6 is 11.3 Å². The molecule has 0 fully saturated rings. The number of ether oxygens (including phenoxy) is 3. The average Bonchev–Trinajstić information content (AvgIpc) is 3.24. The first-order chi connectivity index (χ1) is 19.0. The highest BCUT2D eigenvalue weighted by Crippen LogP contribution is 2.34. The molecule has 40 heavy (non-hydrogen) atoms. The van der Waals surface area contributed by atoms with E-state index in [9.17, 15) is 27.6 Å². The first kappa shape index (κ1) is 30.1. The summed E-state index contributed by atoms with van der Waals surface area (Å²) in [6, 6.07) is 11.5. The summed E-state index contributed by atoms with van der Waals surface area (Å²) in [7, 11) is -2.64. The third kappa shape index (κ3) is 6.95. The molecule has 0 aliphatic heterocycles. The standard InChI is InChI=1S/C26H27N3O9S2/c1-5-37-25(32)21-15(3)20(23(31)28-26(33)38-6-2)24(39-21)27-22(30)18-9-7-8-10-19(18)29-40(34,35)17-13-11-16(36-4)12-14-17/h7-14,29H,5-6H2,1-4H3,(H,27,30)(H,28,31,33). The Morgan fingerprint density at radius 1 is 0.900 bits per heavy atom. The van der Waals surface area contributed by atoms with Crippen LogP contribution in [0.4, 0.5) is 15.5 Å². The molecule has 3 amide bonds. The number of alkyl carbamates (subject to hydrolysis) is 1. The van der Waals surface area contributed by atoms with Gasteiger partial charge in [-0.05, 0) is 62.7 Å². The number of rotatable bonds is 10. The lowest BCUT2D eigenvalue weighted by molar-refractivity contribution is 0.0531. The molecule has 0 saturated heterocycles. The number of esters is 1. The molecule has 0 aliphatic carbocycles. The molecule has 0 bridgehead atoms. The Balaban J connectivity index is 1.96.